The molecule has 0 unspecified atom stereocenters. The molecule has 7 nitrogen and oxygen atoms in total. The lowest BCUT2D eigenvalue weighted by atomic mass is 9.89. The predicted octanol–water partition coefficient (Wildman–Crippen LogP) is 3.66. The number of methoxy groups -OCH3 is 1. The van der Waals surface area contributed by atoms with Crippen LogP contribution in [0.1, 0.15) is 48.0 Å². The van der Waals surface area contributed by atoms with Crippen molar-refractivity contribution in [2.24, 2.45) is 16.6 Å². The molecule has 1 aliphatic carbocycles. The third-order valence-electron chi connectivity index (χ3n) is 4.76. The Morgan fingerprint density at radius 3 is 2.85 bits per heavy atom. The number of rotatable bonds is 6. The number of ether oxygens (including phenoxy) is 1. The quantitative estimate of drug-likeness (QED) is 0.396. The molecule has 1 fully saturated rings. The lowest BCUT2D eigenvalue weighted by Gasteiger charge is -2.19. The Morgan fingerprint density at radius 1 is 1.37 bits per heavy atom. The van der Waals surface area contributed by atoms with E-state index in [1.165, 1.54) is 39.2 Å². The Morgan fingerprint density at radius 2 is 2.11 bits per heavy atom. The van der Waals surface area contributed by atoms with Crippen LogP contribution in [0.25, 0.3) is 0 Å². The van der Waals surface area contributed by atoms with Gasteiger partial charge < -0.3 is 20.9 Å². The van der Waals surface area contributed by atoms with Crippen molar-refractivity contribution in [1.82, 2.24) is 4.37 Å². The number of aromatic hydroxyl groups is 1. The summed E-state index contributed by atoms with van der Waals surface area (Å²) in [6, 6.07) is 6.97. The largest absolute Gasteiger partial charge is 0.492 e. The van der Waals surface area contributed by atoms with E-state index in [1.807, 2.05) is 0 Å². The van der Waals surface area contributed by atoms with Gasteiger partial charge in [-0.05, 0) is 42.4 Å². The molecule has 0 bridgehead atoms. The number of nitrogens with one attached hydrogen (secondary N) is 1. The van der Waals surface area contributed by atoms with Crippen LogP contribution in [0.15, 0.2) is 29.3 Å². The molecule has 1 aliphatic rings. The van der Waals surface area contributed by atoms with Crippen molar-refractivity contribution in [1.29, 1.82) is 0 Å². The molecule has 1 aromatic heterocycles. The average Bonchev–Trinajstić information content (AvgIpc) is 3.07. The van der Waals surface area contributed by atoms with Crippen LogP contribution in [0.3, 0.4) is 0 Å². The molecule has 0 atom stereocenters. The highest BCUT2D eigenvalue weighted by molar-refractivity contribution is 7.11. The summed E-state index contributed by atoms with van der Waals surface area (Å²) in [7, 11) is 1.33. The van der Waals surface area contributed by atoms with Crippen molar-refractivity contribution in [2.75, 3.05) is 19.0 Å². The summed E-state index contributed by atoms with van der Waals surface area (Å²) in [6.07, 6.45) is 6.11. The molecule has 1 aromatic carbocycles. The number of aliphatic imine (C=N–C) groups is 1. The molecule has 0 saturated heterocycles. The summed E-state index contributed by atoms with van der Waals surface area (Å²) in [5.74, 6) is 0.183. The number of hydrogen-bond donors (Lipinski definition) is 3. The minimum atomic E-state index is -0.452. The maximum absolute atomic E-state index is 12.0. The number of carbonyl (C=O) groups is 1. The SMILES string of the molecule is COC(=O)c1ccccc1Nc1snc(O)c1C(N)=NCC1CCCCC1. The highest BCUT2D eigenvalue weighted by atomic mass is 32.1. The molecule has 1 heterocycles. The summed E-state index contributed by atoms with van der Waals surface area (Å²) in [5.41, 5.74) is 7.47. The summed E-state index contributed by atoms with van der Waals surface area (Å²) >= 11 is 1.06. The maximum atomic E-state index is 12.0. The van der Waals surface area contributed by atoms with Gasteiger partial charge in [-0.2, -0.15) is 4.37 Å². The molecule has 0 spiro atoms. The molecule has 144 valence electrons. The lowest BCUT2D eigenvalue weighted by molar-refractivity contribution is 0.0602. The van der Waals surface area contributed by atoms with Crippen LogP contribution < -0.4 is 11.1 Å². The fourth-order valence-electron chi connectivity index (χ4n) is 3.28. The van der Waals surface area contributed by atoms with Crippen molar-refractivity contribution in [3.63, 3.8) is 0 Å². The van der Waals surface area contributed by atoms with Gasteiger partial charge in [0.1, 0.15) is 16.4 Å². The Hall–Kier alpha value is -2.61. The zero-order chi connectivity index (χ0) is 19.2. The topological polar surface area (TPSA) is 110 Å². The molecule has 8 heteroatoms. The number of aromatic nitrogens is 1. The van der Waals surface area contributed by atoms with Crippen molar-refractivity contribution >= 4 is 34.0 Å². The first-order valence-corrected chi connectivity index (χ1v) is 9.80. The van der Waals surface area contributed by atoms with Gasteiger partial charge in [0.2, 0.25) is 5.88 Å². The van der Waals surface area contributed by atoms with Gasteiger partial charge in [-0.15, -0.1) is 0 Å². The second kappa shape index (κ2) is 8.85. The van der Waals surface area contributed by atoms with E-state index in [2.05, 4.69) is 14.7 Å². The molecular formula is C19H24N4O3S. The van der Waals surface area contributed by atoms with Crippen molar-refractivity contribution in [3.8, 4) is 5.88 Å². The van der Waals surface area contributed by atoms with E-state index in [9.17, 15) is 9.90 Å². The first-order chi connectivity index (χ1) is 13.1. The average molecular weight is 388 g/mol. The molecule has 4 N–H and O–H groups in total. The van der Waals surface area contributed by atoms with E-state index in [1.54, 1.807) is 24.3 Å². The summed E-state index contributed by atoms with van der Waals surface area (Å²) in [5, 5.41) is 13.8. The van der Waals surface area contributed by atoms with Gasteiger partial charge in [-0.3, -0.25) is 4.99 Å². The molecule has 0 aliphatic heterocycles. The smallest absolute Gasteiger partial charge is 0.339 e. The monoisotopic (exact) mass is 388 g/mol. The van der Waals surface area contributed by atoms with Gasteiger partial charge in [-0.1, -0.05) is 31.4 Å². The lowest BCUT2D eigenvalue weighted by Crippen LogP contribution is -2.18. The minimum absolute atomic E-state index is 0.164. The number of amidine groups is 1. The highest BCUT2D eigenvalue weighted by Gasteiger charge is 2.20. The number of benzene rings is 1. The molecule has 2 aromatic rings. The van der Waals surface area contributed by atoms with Crippen LogP contribution >= 0.6 is 11.5 Å². The second-order valence-corrected chi connectivity index (χ2v) is 7.38. The predicted molar refractivity (Wildman–Crippen MR) is 107 cm³/mol. The number of carbonyl (C=O) groups excluding carboxylic acids is 1. The Bertz CT molecular complexity index is 828. The fourth-order valence-corrected chi connectivity index (χ4v) is 3.99. The van der Waals surface area contributed by atoms with E-state index < -0.39 is 5.97 Å². The van der Waals surface area contributed by atoms with E-state index in [0.717, 1.165) is 11.5 Å². The maximum Gasteiger partial charge on any atom is 0.339 e. The number of esters is 1. The van der Waals surface area contributed by atoms with Crippen LogP contribution in [-0.4, -0.2) is 34.9 Å². The number of anilines is 2. The van der Waals surface area contributed by atoms with Gasteiger partial charge >= 0.3 is 5.97 Å². The summed E-state index contributed by atoms with van der Waals surface area (Å²) in [4.78, 5) is 16.5. The van der Waals surface area contributed by atoms with Crippen LogP contribution in [0.2, 0.25) is 0 Å². The number of nitrogens with two attached hydrogens (primary N) is 1. The van der Waals surface area contributed by atoms with E-state index >= 15 is 0 Å². The van der Waals surface area contributed by atoms with Crippen LogP contribution in [-0.2, 0) is 4.74 Å². The van der Waals surface area contributed by atoms with Crippen molar-refractivity contribution in [3.05, 3.63) is 35.4 Å². The van der Waals surface area contributed by atoms with Gasteiger partial charge in [0.25, 0.3) is 0 Å². The Labute approximate surface area is 162 Å². The van der Waals surface area contributed by atoms with Crippen LogP contribution in [0, 0.1) is 5.92 Å². The Balaban J connectivity index is 1.82. The summed E-state index contributed by atoms with van der Waals surface area (Å²) < 4.78 is 8.80. The van der Waals surface area contributed by atoms with Crippen LogP contribution in [0.4, 0.5) is 10.7 Å². The number of para-hydroxylation sites is 1. The molecule has 3 rings (SSSR count). The fraction of sp³-hybridized carbons (Fsp3) is 0.421. The highest BCUT2D eigenvalue weighted by Crippen LogP contribution is 2.33. The molecule has 27 heavy (non-hydrogen) atoms. The molecule has 1 saturated carbocycles. The minimum Gasteiger partial charge on any atom is -0.492 e. The van der Waals surface area contributed by atoms with E-state index in [-0.39, 0.29) is 11.7 Å². The van der Waals surface area contributed by atoms with Crippen molar-refractivity contribution < 1.29 is 14.6 Å². The third kappa shape index (κ3) is 4.57. The molecular weight excluding hydrogens is 364 g/mol. The first-order valence-electron chi connectivity index (χ1n) is 9.03. The molecule has 0 amide bonds. The van der Waals surface area contributed by atoms with Crippen molar-refractivity contribution in [2.45, 2.75) is 32.1 Å². The van der Waals surface area contributed by atoms with E-state index in [0.29, 0.717) is 34.3 Å². The normalized spacial score (nSPS) is 15.5. The second-order valence-electron chi connectivity index (χ2n) is 6.60. The first kappa shape index (κ1) is 19.2. The Kier molecular flexibility index (Phi) is 6.28. The molecule has 0 radical (unpaired) electrons. The summed E-state index contributed by atoms with van der Waals surface area (Å²) in [6.45, 7) is 0.652. The van der Waals surface area contributed by atoms with Gasteiger partial charge in [0.15, 0.2) is 0 Å². The standard InChI is InChI=1S/C19H24N4O3S/c1-26-19(25)13-9-5-6-10-14(13)22-18-15(17(24)23-27-18)16(20)21-11-12-7-3-2-4-8-12/h5-6,9-10,12,22H,2-4,7-8,11H2,1H3,(H2,20,21)(H,23,24). The number of nitrogens with zero attached hydrogens (tertiary/aromatic N) is 2. The van der Waals surface area contributed by atoms with Gasteiger partial charge in [-0.25, -0.2) is 4.79 Å². The third-order valence-corrected chi connectivity index (χ3v) is 5.51. The number of hydrogen-bond acceptors (Lipinski definition) is 7. The van der Waals surface area contributed by atoms with Gasteiger partial charge in [0, 0.05) is 6.54 Å². The zero-order valence-corrected chi connectivity index (χ0v) is 16.1. The van der Waals surface area contributed by atoms with E-state index in [4.69, 9.17) is 10.5 Å². The van der Waals surface area contributed by atoms with Crippen LogP contribution in [0.5, 0.6) is 5.88 Å². The zero-order valence-electron chi connectivity index (χ0n) is 15.3. The van der Waals surface area contributed by atoms with Gasteiger partial charge in [0.05, 0.1) is 18.4 Å².